The van der Waals surface area contributed by atoms with E-state index in [-0.39, 0.29) is 25.7 Å². The number of phosphoric acid groups is 2. The number of aliphatic hydroxyl groups is 1. The summed E-state index contributed by atoms with van der Waals surface area (Å²) in [6.45, 7) is 4.89. The zero-order valence-corrected chi connectivity index (χ0v) is 59.2. The molecular weight excluding hydrogens is 1170 g/mol. The van der Waals surface area contributed by atoms with Gasteiger partial charge in [0.2, 0.25) is 0 Å². The van der Waals surface area contributed by atoms with Gasteiger partial charge in [-0.25, -0.2) is 9.13 Å². The van der Waals surface area contributed by atoms with Crippen molar-refractivity contribution < 1.29 is 80.2 Å². The van der Waals surface area contributed by atoms with Crippen LogP contribution in [0.5, 0.6) is 0 Å². The number of unbranched alkanes of at least 4 members (excludes halogenated alkanes) is 45. The molecule has 0 aromatic heterocycles. The summed E-state index contributed by atoms with van der Waals surface area (Å²) in [7, 11) is -9.89. The van der Waals surface area contributed by atoms with Gasteiger partial charge in [0.05, 0.1) is 26.4 Å². The average molecular weight is 1310 g/mol. The van der Waals surface area contributed by atoms with Crippen molar-refractivity contribution in [3.05, 3.63) is 0 Å². The second kappa shape index (κ2) is 64.8. The molecule has 528 valence electrons. The molecule has 5 atom stereocenters. The first-order chi connectivity index (χ1) is 43.2. The molecule has 2 unspecified atom stereocenters. The number of rotatable bonds is 71. The zero-order valence-electron chi connectivity index (χ0n) is 57.4. The Morgan fingerprint density at radius 2 is 0.449 bits per heavy atom. The topological polar surface area (TPSA) is 237 Å². The molecule has 17 nitrogen and oxygen atoms in total. The number of esters is 4. The predicted molar refractivity (Wildman–Crippen MR) is 359 cm³/mol. The van der Waals surface area contributed by atoms with Crippen molar-refractivity contribution in [1.82, 2.24) is 0 Å². The molecular formula is C70H136O17P2. The molecule has 0 heterocycles. The number of carbonyl (C=O) groups is 4. The number of carbonyl (C=O) groups excluding carboxylic acids is 4. The van der Waals surface area contributed by atoms with Crippen LogP contribution in [0.1, 0.15) is 368 Å². The van der Waals surface area contributed by atoms with Crippen LogP contribution in [0, 0.1) is 0 Å². The third-order valence-electron chi connectivity index (χ3n) is 16.4. The normalized spacial score (nSPS) is 14.0. The van der Waals surface area contributed by atoms with Gasteiger partial charge in [0.15, 0.2) is 12.2 Å². The Labute approximate surface area is 543 Å². The smallest absolute Gasteiger partial charge is 0.462 e. The van der Waals surface area contributed by atoms with Crippen LogP contribution in [0.25, 0.3) is 0 Å². The molecule has 0 spiro atoms. The van der Waals surface area contributed by atoms with Gasteiger partial charge in [0, 0.05) is 25.7 Å². The van der Waals surface area contributed by atoms with E-state index in [1.807, 2.05) is 0 Å². The summed E-state index contributed by atoms with van der Waals surface area (Å²) in [4.78, 5) is 72.3. The SMILES string of the molecule is CCCCCCCCCCCCCCCCCCCCC(=O)O[C@H](COC(=O)CCCCCCCCCCCCCCCCC)COP(=O)(O)OC[C@@H](O)COP(=O)(O)OC[C@@H](COC(=O)CCCCCCCCCC)OC(=O)CCCCCCCCCC. The predicted octanol–water partition coefficient (Wildman–Crippen LogP) is 20.3. The maximum atomic E-state index is 13.0. The molecule has 0 saturated carbocycles. The highest BCUT2D eigenvalue weighted by atomic mass is 31.2. The summed E-state index contributed by atoms with van der Waals surface area (Å²) in [6, 6.07) is 0. The maximum absolute atomic E-state index is 13.0. The number of hydrogen-bond acceptors (Lipinski definition) is 15. The Bertz CT molecular complexity index is 1710. The van der Waals surface area contributed by atoms with Gasteiger partial charge in [-0.2, -0.15) is 0 Å². The Morgan fingerprint density at radius 1 is 0.270 bits per heavy atom. The fourth-order valence-electron chi connectivity index (χ4n) is 10.7. The fourth-order valence-corrected chi connectivity index (χ4v) is 12.3. The van der Waals surface area contributed by atoms with Crippen LogP contribution in [-0.2, 0) is 65.4 Å². The van der Waals surface area contributed by atoms with Crippen molar-refractivity contribution >= 4 is 39.5 Å². The zero-order chi connectivity index (χ0) is 65.4. The molecule has 0 radical (unpaired) electrons. The van der Waals surface area contributed by atoms with Gasteiger partial charge in [-0.05, 0) is 25.7 Å². The van der Waals surface area contributed by atoms with Gasteiger partial charge in [-0.15, -0.1) is 0 Å². The Hall–Kier alpha value is -1.94. The second-order valence-electron chi connectivity index (χ2n) is 25.3. The van der Waals surface area contributed by atoms with Crippen molar-refractivity contribution in [2.24, 2.45) is 0 Å². The number of phosphoric ester groups is 2. The summed E-state index contributed by atoms with van der Waals surface area (Å²) in [5, 5.41) is 10.6. The first-order valence-corrected chi connectivity index (χ1v) is 39.8. The third kappa shape index (κ3) is 64.6. The number of aliphatic hydroxyl groups excluding tert-OH is 1. The molecule has 0 aromatic carbocycles. The van der Waals surface area contributed by atoms with Gasteiger partial charge in [-0.1, -0.05) is 317 Å². The third-order valence-corrected chi connectivity index (χ3v) is 18.3. The first kappa shape index (κ1) is 87.1. The van der Waals surface area contributed by atoms with Crippen molar-refractivity contribution in [1.29, 1.82) is 0 Å². The largest absolute Gasteiger partial charge is 0.472 e. The molecule has 0 bridgehead atoms. The standard InChI is InChI=1S/C70H136O17P2/c1-5-9-13-17-21-25-27-29-31-32-33-35-37-39-41-45-49-53-57-70(75)87-66(61-81-68(73)55-51-47-44-40-38-36-34-30-28-26-22-18-14-10-6-2)63-85-89(78,79)83-59-64(71)58-82-88(76,77)84-62-65(86-69(74)56-52-48-43-24-20-16-12-8-4)60-80-67(72)54-50-46-42-23-19-15-11-7-3/h64-66,71H,5-63H2,1-4H3,(H,76,77)(H,78,79)/t64-,65+,66+/m0/s1. The Kier molecular flexibility index (Phi) is 63.3. The minimum atomic E-state index is -4.95. The van der Waals surface area contributed by atoms with Gasteiger partial charge in [0.25, 0.3) is 0 Å². The number of ether oxygens (including phenoxy) is 4. The lowest BCUT2D eigenvalue weighted by Gasteiger charge is -2.21. The molecule has 0 amide bonds. The van der Waals surface area contributed by atoms with Crippen LogP contribution in [0.3, 0.4) is 0 Å². The average Bonchev–Trinajstić information content (AvgIpc) is 3.70. The molecule has 0 rings (SSSR count). The molecule has 0 aliphatic heterocycles. The van der Waals surface area contributed by atoms with Crippen LogP contribution in [0.15, 0.2) is 0 Å². The van der Waals surface area contributed by atoms with E-state index in [1.165, 1.54) is 186 Å². The lowest BCUT2D eigenvalue weighted by atomic mass is 10.0. The van der Waals surface area contributed by atoms with Gasteiger partial charge in [-0.3, -0.25) is 37.3 Å². The molecule has 0 saturated heterocycles. The van der Waals surface area contributed by atoms with Crippen LogP contribution < -0.4 is 0 Å². The highest BCUT2D eigenvalue weighted by Gasteiger charge is 2.30. The quantitative estimate of drug-likeness (QED) is 0.0222. The van der Waals surface area contributed by atoms with E-state index in [1.54, 1.807) is 0 Å². The van der Waals surface area contributed by atoms with Gasteiger partial charge < -0.3 is 33.8 Å². The minimum Gasteiger partial charge on any atom is -0.462 e. The molecule has 3 N–H and O–H groups in total. The lowest BCUT2D eigenvalue weighted by molar-refractivity contribution is -0.161. The van der Waals surface area contributed by atoms with E-state index in [2.05, 4.69) is 27.7 Å². The first-order valence-electron chi connectivity index (χ1n) is 36.8. The lowest BCUT2D eigenvalue weighted by Crippen LogP contribution is -2.30. The highest BCUT2D eigenvalue weighted by Crippen LogP contribution is 2.45. The fraction of sp³-hybridized carbons (Fsp3) is 0.943. The van der Waals surface area contributed by atoms with E-state index >= 15 is 0 Å². The summed E-state index contributed by atoms with van der Waals surface area (Å²) in [5.74, 6) is -2.13. The molecule has 0 aliphatic rings. The summed E-state index contributed by atoms with van der Waals surface area (Å²) in [5.41, 5.74) is 0. The highest BCUT2D eigenvalue weighted by molar-refractivity contribution is 7.47. The summed E-state index contributed by atoms with van der Waals surface area (Å²) in [6.07, 6.45) is 52.9. The summed E-state index contributed by atoms with van der Waals surface area (Å²) >= 11 is 0. The van der Waals surface area contributed by atoms with E-state index in [0.717, 1.165) is 103 Å². The molecule has 0 fully saturated rings. The van der Waals surface area contributed by atoms with Crippen LogP contribution >= 0.6 is 15.6 Å². The maximum Gasteiger partial charge on any atom is 0.472 e. The minimum absolute atomic E-state index is 0.105. The van der Waals surface area contributed by atoms with E-state index in [4.69, 9.17) is 37.0 Å². The van der Waals surface area contributed by atoms with Gasteiger partial charge >= 0.3 is 39.5 Å². The van der Waals surface area contributed by atoms with E-state index < -0.39 is 97.5 Å². The van der Waals surface area contributed by atoms with Crippen molar-refractivity contribution in [3.8, 4) is 0 Å². The Balaban J connectivity index is 5.17. The molecule has 0 aliphatic carbocycles. The monoisotopic (exact) mass is 1310 g/mol. The van der Waals surface area contributed by atoms with E-state index in [9.17, 15) is 43.2 Å². The van der Waals surface area contributed by atoms with Crippen LogP contribution in [-0.4, -0.2) is 96.7 Å². The Morgan fingerprint density at radius 3 is 0.663 bits per heavy atom. The molecule has 19 heteroatoms. The van der Waals surface area contributed by atoms with Crippen LogP contribution in [0.2, 0.25) is 0 Å². The molecule has 89 heavy (non-hydrogen) atoms. The van der Waals surface area contributed by atoms with Crippen molar-refractivity contribution in [3.63, 3.8) is 0 Å². The van der Waals surface area contributed by atoms with E-state index in [0.29, 0.717) is 25.7 Å². The summed E-state index contributed by atoms with van der Waals surface area (Å²) < 4.78 is 68.1. The van der Waals surface area contributed by atoms with Crippen LogP contribution in [0.4, 0.5) is 0 Å². The van der Waals surface area contributed by atoms with Crippen molar-refractivity contribution in [2.75, 3.05) is 39.6 Å². The number of hydrogen-bond donors (Lipinski definition) is 3. The molecule has 0 aromatic rings. The second-order valence-corrected chi connectivity index (χ2v) is 28.2. The van der Waals surface area contributed by atoms with Crippen molar-refractivity contribution in [2.45, 2.75) is 386 Å². The van der Waals surface area contributed by atoms with Gasteiger partial charge in [0.1, 0.15) is 19.3 Å².